The van der Waals surface area contributed by atoms with E-state index >= 15 is 0 Å². The Kier molecular flexibility index (Phi) is 6.87. The van der Waals surface area contributed by atoms with Crippen molar-refractivity contribution < 1.29 is 9.59 Å². The Hall–Kier alpha value is -1.10. The first-order chi connectivity index (χ1) is 9.20. The molecule has 0 rings (SSSR count). The SMILES string of the molecule is CC(N)(CCC(=O)NC(C)(C)C)CCC(=O)NC(C)(C)C. The minimum atomic E-state index is -0.509. The highest BCUT2D eigenvalue weighted by Gasteiger charge is 2.23. The van der Waals surface area contributed by atoms with E-state index in [1.807, 2.05) is 48.5 Å². The van der Waals surface area contributed by atoms with E-state index in [2.05, 4.69) is 10.6 Å². The lowest BCUT2D eigenvalue weighted by atomic mass is 9.91. The summed E-state index contributed by atoms with van der Waals surface area (Å²) in [5.74, 6) is -0.00311. The lowest BCUT2D eigenvalue weighted by Crippen LogP contribution is -2.44. The van der Waals surface area contributed by atoms with Gasteiger partial charge in [0.15, 0.2) is 0 Å². The van der Waals surface area contributed by atoms with Gasteiger partial charge in [0.25, 0.3) is 0 Å². The second kappa shape index (κ2) is 7.25. The van der Waals surface area contributed by atoms with Crippen molar-refractivity contribution in [2.75, 3.05) is 0 Å². The van der Waals surface area contributed by atoms with E-state index in [1.165, 1.54) is 0 Å². The first-order valence-electron chi connectivity index (χ1n) is 7.61. The third-order valence-electron chi connectivity index (χ3n) is 2.88. The van der Waals surface area contributed by atoms with Gasteiger partial charge in [0.05, 0.1) is 0 Å². The summed E-state index contributed by atoms with van der Waals surface area (Å²) in [6.45, 7) is 13.6. The van der Waals surface area contributed by atoms with Crippen LogP contribution in [-0.2, 0) is 9.59 Å². The highest BCUT2D eigenvalue weighted by atomic mass is 16.2. The van der Waals surface area contributed by atoms with Gasteiger partial charge in [0.1, 0.15) is 0 Å². The molecule has 0 saturated heterocycles. The summed E-state index contributed by atoms with van der Waals surface area (Å²) < 4.78 is 0. The number of amides is 2. The zero-order valence-corrected chi connectivity index (χ0v) is 14.7. The zero-order valence-electron chi connectivity index (χ0n) is 14.7. The molecule has 0 atom stereocenters. The average molecular weight is 299 g/mol. The molecule has 0 fully saturated rings. The molecule has 0 aliphatic heterocycles. The van der Waals surface area contributed by atoms with Gasteiger partial charge in [-0.1, -0.05) is 0 Å². The van der Waals surface area contributed by atoms with Crippen molar-refractivity contribution in [3.63, 3.8) is 0 Å². The van der Waals surface area contributed by atoms with Crippen LogP contribution in [0, 0.1) is 0 Å². The predicted octanol–water partition coefficient (Wildman–Crippen LogP) is 2.09. The maximum Gasteiger partial charge on any atom is 0.220 e. The molecule has 0 bridgehead atoms. The van der Waals surface area contributed by atoms with E-state index in [0.717, 1.165) is 0 Å². The van der Waals surface area contributed by atoms with Crippen molar-refractivity contribution >= 4 is 11.8 Å². The third-order valence-corrected chi connectivity index (χ3v) is 2.88. The fourth-order valence-electron chi connectivity index (χ4n) is 1.88. The smallest absolute Gasteiger partial charge is 0.220 e. The van der Waals surface area contributed by atoms with Crippen molar-refractivity contribution in [1.82, 2.24) is 10.6 Å². The lowest BCUT2D eigenvalue weighted by molar-refractivity contribution is -0.123. The number of nitrogens with one attached hydrogen (secondary N) is 2. The lowest BCUT2D eigenvalue weighted by Gasteiger charge is -2.27. The van der Waals surface area contributed by atoms with Gasteiger partial charge in [-0.2, -0.15) is 0 Å². The Morgan fingerprint density at radius 2 is 1.05 bits per heavy atom. The standard InChI is InChI=1S/C16H33N3O2/c1-14(2,3)18-12(20)8-10-16(7,17)11-9-13(21)19-15(4,5)6/h8-11,17H2,1-7H3,(H,18,20)(H,19,21). The van der Waals surface area contributed by atoms with Crippen molar-refractivity contribution in [2.45, 2.75) is 90.8 Å². The largest absolute Gasteiger partial charge is 0.352 e. The predicted molar refractivity (Wildman–Crippen MR) is 86.9 cm³/mol. The van der Waals surface area contributed by atoms with E-state index in [4.69, 9.17) is 5.73 Å². The van der Waals surface area contributed by atoms with Gasteiger partial charge in [-0.05, 0) is 61.3 Å². The number of rotatable bonds is 6. The molecule has 21 heavy (non-hydrogen) atoms. The fraction of sp³-hybridized carbons (Fsp3) is 0.875. The number of carbonyl (C=O) groups is 2. The second-order valence-corrected chi connectivity index (χ2v) is 8.25. The van der Waals surface area contributed by atoms with Crippen molar-refractivity contribution in [2.24, 2.45) is 5.73 Å². The molecular formula is C16H33N3O2. The molecule has 0 saturated carbocycles. The van der Waals surface area contributed by atoms with Crippen LogP contribution < -0.4 is 16.4 Å². The van der Waals surface area contributed by atoms with Crippen LogP contribution in [0.25, 0.3) is 0 Å². The molecular weight excluding hydrogens is 266 g/mol. The van der Waals surface area contributed by atoms with E-state index in [1.54, 1.807) is 0 Å². The molecule has 0 unspecified atom stereocenters. The number of nitrogens with two attached hydrogens (primary N) is 1. The molecule has 5 nitrogen and oxygen atoms in total. The maximum absolute atomic E-state index is 11.8. The van der Waals surface area contributed by atoms with Crippen LogP contribution in [-0.4, -0.2) is 28.4 Å². The Balaban J connectivity index is 4.15. The van der Waals surface area contributed by atoms with Crippen molar-refractivity contribution in [3.05, 3.63) is 0 Å². The molecule has 0 radical (unpaired) electrons. The summed E-state index contributed by atoms with van der Waals surface area (Å²) in [6.07, 6.45) is 1.89. The van der Waals surface area contributed by atoms with E-state index < -0.39 is 5.54 Å². The monoisotopic (exact) mass is 299 g/mol. The van der Waals surface area contributed by atoms with Crippen molar-refractivity contribution in [3.8, 4) is 0 Å². The average Bonchev–Trinajstić information content (AvgIpc) is 2.19. The molecule has 0 heterocycles. The normalized spacial score (nSPS) is 13.0. The summed E-state index contributed by atoms with van der Waals surface area (Å²) in [4.78, 5) is 23.6. The summed E-state index contributed by atoms with van der Waals surface area (Å²) in [6, 6.07) is 0. The Labute approximate surface area is 129 Å². The van der Waals surface area contributed by atoms with Gasteiger partial charge in [0, 0.05) is 29.5 Å². The van der Waals surface area contributed by atoms with E-state index in [-0.39, 0.29) is 22.9 Å². The third kappa shape index (κ3) is 12.4. The minimum Gasteiger partial charge on any atom is -0.352 e. The van der Waals surface area contributed by atoms with Crippen LogP contribution in [0.3, 0.4) is 0 Å². The summed E-state index contributed by atoms with van der Waals surface area (Å²) >= 11 is 0. The van der Waals surface area contributed by atoms with Crippen LogP contribution >= 0.6 is 0 Å². The minimum absolute atomic E-state index is 0.00156. The van der Waals surface area contributed by atoms with Crippen LogP contribution in [0.4, 0.5) is 0 Å². The summed E-state index contributed by atoms with van der Waals surface area (Å²) in [5.41, 5.74) is 5.22. The molecule has 124 valence electrons. The quantitative estimate of drug-likeness (QED) is 0.702. The molecule has 0 spiro atoms. The number of hydrogen-bond acceptors (Lipinski definition) is 3. The van der Waals surface area contributed by atoms with Crippen LogP contribution in [0.2, 0.25) is 0 Å². The first-order valence-corrected chi connectivity index (χ1v) is 7.61. The van der Waals surface area contributed by atoms with Crippen LogP contribution in [0.1, 0.15) is 74.1 Å². The number of hydrogen-bond donors (Lipinski definition) is 3. The van der Waals surface area contributed by atoms with Crippen LogP contribution in [0.15, 0.2) is 0 Å². The molecule has 0 aromatic carbocycles. The molecule has 0 aromatic heterocycles. The van der Waals surface area contributed by atoms with Gasteiger partial charge in [0.2, 0.25) is 11.8 Å². The van der Waals surface area contributed by atoms with Gasteiger partial charge in [-0.15, -0.1) is 0 Å². The highest BCUT2D eigenvalue weighted by molar-refractivity contribution is 5.77. The number of carbonyl (C=O) groups excluding carboxylic acids is 2. The van der Waals surface area contributed by atoms with Gasteiger partial charge < -0.3 is 16.4 Å². The highest BCUT2D eigenvalue weighted by Crippen LogP contribution is 2.16. The van der Waals surface area contributed by atoms with E-state index in [0.29, 0.717) is 25.7 Å². The summed E-state index contributed by atoms with van der Waals surface area (Å²) in [7, 11) is 0. The van der Waals surface area contributed by atoms with Gasteiger partial charge in [-0.25, -0.2) is 0 Å². The Bertz CT molecular complexity index is 329. The molecule has 4 N–H and O–H groups in total. The molecule has 2 amide bonds. The topological polar surface area (TPSA) is 84.2 Å². The molecule has 0 aromatic rings. The maximum atomic E-state index is 11.8. The molecule has 5 heteroatoms. The summed E-state index contributed by atoms with van der Waals surface area (Å²) in [5, 5.41) is 5.83. The van der Waals surface area contributed by atoms with Gasteiger partial charge >= 0.3 is 0 Å². The van der Waals surface area contributed by atoms with Crippen molar-refractivity contribution in [1.29, 1.82) is 0 Å². The zero-order chi connectivity index (χ0) is 16.9. The van der Waals surface area contributed by atoms with Crippen LogP contribution in [0.5, 0.6) is 0 Å². The fourth-order valence-corrected chi connectivity index (χ4v) is 1.88. The molecule has 0 aliphatic carbocycles. The Morgan fingerprint density at radius 1 is 0.762 bits per heavy atom. The Morgan fingerprint density at radius 3 is 1.29 bits per heavy atom. The van der Waals surface area contributed by atoms with E-state index in [9.17, 15) is 9.59 Å². The van der Waals surface area contributed by atoms with Gasteiger partial charge in [-0.3, -0.25) is 9.59 Å². The second-order valence-electron chi connectivity index (χ2n) is 8.25. The molecule has 0 aliphatic rings. The first kappa shape index (κ1) is 19.9.